The molecule has 0 saturated carbocycles. The lowest BCUT2D eigenvalue weighted by Gasteiger charge is -2.27. The summed E-state index contributed by atoms with van der Waals surface area (Å²) >= 11 is 0. The molecule has 0 saturated heterocycles. The molecule has 0 spiro atoms. The molecule has 234 valence electrons. The zero-order valence-electron chi connectivity index (χ0n) is 24.2. The number of pyridine rings is 1. The van der Waals surface area contributed by atoms with Gasteiger partial charge in [0.2, 0.25) is 6.79 Å². The van der Waals surface area contributed by atoms with E-state index in [1.807, 2.05) is 0 Å². The molecule has 3 aromatic rings. The number of benzene rings is 2. The van der Waals surface area contributed by atoms with Crippen molar-refractivity contribution in [1.82, 2.24) is 10.3 Å². The fraction of sp³-hybridized carbons (Fsp3) is 0.300. The number of nitrogens with zero attached hydrogens (tertiary/aromatic N) is 1. The van der Waals surface area contributed by atoms with Crippen LogP contribution < -0.4 is 20.1 Å². The quantitative estimate of drug-likeness (QED) is 0.179. The third-order valence-electron chi connectivity index (χ3n) is 5.94. The maximum absolute atomic E-state index is 13.6. The highest BCUT2D eigenvalue weighted by Gasteiger charge is 2.29. The van der Waals surface area contributed by atoms with E-state index < -0.39 is 72.2 Å². The molecule has 0 radical (unpaired) electrons. The summed E-state index contributed by atoms with van der Waals surface area (Å²) in [5, 5.41) is 13.7. The van der Waals surface area contributed by atoms with Crippen molar-refractivity contribution in [3.05, 3.63) is 83.7 Å². The number of rotatable bonds is 13. The average Bonchev–Trinajstić information content (AvgIpc) is 2.97. The second-order valence-corrected chi connectivity index (χ2v) is 9.73. The molecule has 44 heavy (non-hydrogen) atoms. The van der Waals surface area contributed by atoms with Crippen molar-refractivity contribution < 1.29 is 52.0 Å². The van der Waals surface area contributed by atoms with Gasteiger partial charge in [0.15, 0.2) is 17.5 Å². The minimum Gasteiger partial charge on any atom is -0.482 e. The topological polar surface area (TPSA) is 162 Å². The maximum Gasteiger partial charge on any atom is 0.409 e. The van der Waals surface area contributed by atoms with Gasteiger partial charge in [0.25, 0.3) is 5.91 Å². The molecule has 3 rings (SSSR count). The standard InChI is InChI=1S/C30H31F2N3O9/c1-16(2)28(37)42-15-41-26-23(35-30(39)40)13-14-33-24(26)27(36)34-17(3)29(38)43-18(4)25(19-5-7-20(31)8-6-19)44-22-11-9-21(32)10-12-22/h5-14,16-18,25H,15H2,1-4H3,(H,33,35)(H,34,36)(H,39,40). The van der Waals surface area contributed by atoms with Crippen LogP contribution in [0.3, 0.4) is 0 Å². The normalized spacial score (nSPS) is 12.8. The molecule has 0 fully saturated rings. The van der Waals surface area contributed by atoms with Crippen LogP contribution in [0.1, 0.15) is 49.9 Å². The monoisotopic (exact) mass is 615 g/mol. The smallest absolute Gasteiger partial charge is 0.409 e. The van der Waals surface area contributed by atoms with E-state index in [1.165, 1.54) is 68.4 Å². The van der Waals surface area contributed by atoms with E-state index in [1.54, 1.807) is 13.8 Å². The van der Waals surface area contributed by atoms with Gasteiger partial charge in [0, 0.05) is 6.20 Å². The predicted octanol–water partition coefficient (Wildman–Crippen LogP) is 4.86. The first-order chi connectivity index (χ1) is 20.8. The Kier molecular flexibility index (Phi) is 11.5. The number of anilines is 1. The maximum atomic E-state index is 13.6. The van der Waals surface area contributed by atoms with Gasteiger partial charge in [-0.25, -0.2) is 23.4 Å². The summed E-state index contributed by atoms with van der Waals surface area (Å²) in [4.78, 5) is 53.1. The number of esters is 2. The van der Waals surface area contributed by atoms with Crippen LogP contribution in [0.15, 0.2) is 60.8 Å². The first-order valence-corrected chi connectivity index (χ1v) is 13.3. The highest BCUT2D eigenvalue weighted by Crippen LogP contribution is 2.29. The van der Waals surface area contributed by atoms with Crippen LogP contribution in [0.2, 0.25) is 0 Å². The van der Waals surface area contributed by atoms with Gasteiger partial charge in [-0.15, -0.1) is 0 Å². The van der Waals surface area contributed by atoms with Crippen LogP contribution in [0.25, 0.3) is 0 Å². The van der Waals surface area contributed by atoms with E-state index in [0.717, 1.165) is 6.20 Å². The highest BCUT2D eigenvalue weighted by molar-refractivity contribution is 6.00. The van der Waals surface area contributed by atoms with Crippen LogP contribution in [-0.4, -0.2) is 53.0 Å². The van der Waals surface area contributed by atoms with Gasteiger partial charge in [-0.3, -0.25) is 14.9 Å². The number of hydrogen-bond donors (Lipinski definition) is 3. The van der Waals surface area contributed by atoms with Crippen molar-refractivity contribution in [3.63, 3.8) is 0 Å². The van der Waals surface area contributed by atoms with Gasteiger partial charge in [0.1, 0.15) is 29.5 Å². The minimum atomic E-state index is -1.46. The van der Waals surface area contributed by atoms with E-state index in [-0.39, 0.29) is 17.2 Å². The Morgan fingerprint density at radius 3 is 2.09 bits per heavy atom. The van der Waals surface area contributed by atoms with Crippen LogP contribution >= 0.6 is 0 Å². The number of nitrogens with one attached hydrogen (secondary N) is 2. The Balaban J connectivity index is 1.75. The average molecular weight is 616 g/mol. The summed E-state index contributed by atoms with van der Waals surface area (Å²) in [5.74, 6) is -3.94. The number of hydrogen-bond acceptors (Lipinski definition) is 9. The summed E-state index contributed by atoms with van der Waals surface area (Å²) in [7, 11) is 0. The molecule has 0 aliphatic heterocycles. The van der Waals surface area contributed by atoms with Gasteiger partial charge >= 0.3 is 18.0 Å². The largest absolute Gasteiger partial charge is 0.482 e. The molecule has 14 heteroatoms. The number of carboxylic acid groups (broad SMARTS) is 1. The van der Waals surface area contributed by atoms with Crippen molar-refractivity contribution in [2.24, 2.45) is 5.92 Å². The Morgan fingerprint density at radius 1 is 0.886 bits per heavy atom. The van der Waals surface area contributed by atoms with Crippen molar-refractivity contribution in [2.75, 3.05) is 12.1 Å². The fourth-order valence-corrected chi connectivity index (χ4v) is 3.70. The van der Waals surface area contributed by atoms with Crippen molar-refractivity contribution in [3.8, 4) is 11.5 Å². The lowest BCUT2D eigenvalue weighted by atomic mass is 10.0. The number of ether oxygens (including phenoxy) is 4. The highest BCUT2D eigenvalue weighted by atomic mass is 19.1. The summed E-state index contributed by atoms with van der Waals surface area (Å²) < 4.78 is 48.8. The number of carbonyl (C=O) groups is 4. The Labute approximate surface area is 251 Å². The second-order valence-electron chi connectivity index (χ2n) is 9.73. The Hall–Kier alpha value is -5.27. The molecule has 3 N–H and O–H groups in total. The van der Waals surface area contributed by atoms with Gasteiger partial charge < -0.3 is 29.4 Å². The van der Waals surface area contributed by atoms with Gasteiger partial charge in [-0.2, -0.15) is 0 Å². The molecule has 3 atom stereocenters. The zero-order chi connectivity index (χ0) is 32.4. The van der Waals surface area contributed by atoms with Crippen molar-refractivity contribution in [2.45, 2.75) is 45.9 Å². The van der Waals surface area contributed by atoms with Gasteiger partial charge in [0.05, 0.1) is 11.6 Å². The molecule has 0 aliphatic rings. The molecule has 2 amide bonds. The summed E-state index contributed by atoms with van der Waals surface area (Å²) in [6.45, 7) is 5.41. The summed E-state index contributed by atoms with van der Waals surface area (Å²) in [6, 6.07) is 10.4. The van der Waals surface area contributed by atoms with E-state index in [0.29, 0.717) is 5.56 Å². The predicted molar refractivity (Wildman–Crippen MR) is 151 cm³/mol. The Morgan fingerprint density at radius 2 is 1.50 bits per heavy atom. The SMILES string of the molecule is CC(C)C(=O)OCOc1c(NC(=O)O)ccnc1C(=O)NC(C)C(=O)OC(C)C(Oc1ccc(F)cc1)c1ccc(F)cc1. The van der Waals surface area contributed by atoms with E-state index in [2.05, 4.69) is 15.6 Å². The van der Waals surface area contributed by atoms with E-state index in [4.69, 9.17) is 18.9 Å². The molecule has 1 aromatic heterocycles. The number of amides is 2. The second kappa shape index (κ2) is 15.3. The lowest BCUT2D eigenvalue weighted by molar-refractivity contribution is -0.155. The Bertz CT molecular complexity index is 1470. The molecule has 1 heterocycles. The van der Waals surface area contributed by atoms with Gasteiger partial charge in [-0.05, 0) is 61.9 Å². The summed E-state index contributed by atoms with van der Waals surface area (Å²) in [6.07, 6.45) is -2.25. The summed E-state index contributed by atoms with van der Waals surface area (Å²) in [5.41, 5.74) is -0.116. The zero-order valence-corrected chi connectivity index (χ0v) is 24.2. The van der Waals surface area contributed by atoms with Gasteiger partial charge in [-0.1, -0.05) is 26.0 Å². The first-order valence-electron chi connectivity index (χ1n) is 13.3. The van der Waals surface area contributed by atoms with Crippen LogP contribution in [0, 0.1) is 17.6 Å². The van der Waals surface area contributed by atoms with Crippen LogP contribution in [0.4, 0.5) is 19.3 Å². The number of carbonyl (C=O) groups excluding carboxylic acids is 3. The van der Waals surface area contributed by atoms with Crippen LogP contribution in [0.5, 0.6) is 11.5 Å². The van der Waals surface area contributed by atoms with Crippen LogP contribution in [-0.2, 0) is 19.1 Å². The first kappa shape index (κ1) is 33.2. The third-order valence-corrected chi connectivity index (χ3v) is 5.94. The third kappa shape index (κ3) is 9.37. The minimum absolute atomic E-state index is 0.165. The lowest BCUT2D eigenvalue weighted by Crippen LogP contribution is -2.42. The molecule has 0 bridgehead atoms. The van der Waals surface area contributed by atoms with E-state index in [9.17, 15) is 33.1 Å². The van der Waals surface area contributed by atoms with Crippen molar-refractivity contribution >= 4 is 29.6 Å². The molecule has 2 aromatic carbocycles. The number of aromatic nitrogens is 1. The molecular weight excluding hydrogens is 584 g/mol. The van der Waals surface area contributed by atoms with Crippen molar-refractivity contribution in [1.29, 1.82) is 0 Å². The molecular formula is C30H31F2N3O9. The fourth-order valence-electron chi connectivity index (χ4n) is 3.70. The molecule has 0 aliphatic carbocycles. The molecule has 3 unspecified atom stereocenters. The number of halogens is 2. The molecule has 12 nitrogen and oxygen atoms in total. The van der Waals surface area contributed by atoms with E-state index >= 15 is 0 Å².